The molecule has 1 heterocycles. The minimum absolute atomic E-state index is 0.0725. The van der Waals surface area contributed by atoms with Gasteiger partial charge in [-0.3, -0.25) is 9.59 Å². The van der Waals surface area contributed by atoms with Crippen molar-refractivity contribution in [3.8, 4) is 0 Å². The lowest BCUT2D eigenvalue weighted by molar-refractivity contribution is -0.140. The van der Waals surface area contributed by atoms with Crippen LogP contribution >= 0.6 is 0 Å². The number of nitrogens with one attached hydrogen (secondary N) is 1. The first-order valence-corrected chi connectivity index (χ1v) is 7.45. The minimum atomic E-state index is -3.17. The number of carboxylic acid groups (broad SMARTS) is 1. The molecule has 104 valence electrons. The summed E-state index contributed by atoms with van der Waals surface area (Å²) in [6.45, 7) is 2.33. The molecule has 0 atom stereocenters. The SMILES string of the molecule is CCS(=O)(=O)N1CCC(NC(=O)CC(=O)O)CC1. The van der Waals surface area contributed by atoms with Crippen LogP contribution in [0.5, 0.6) is 0 Å². The van der Waals surface area contributed by atoms with E-state index in [0.29, 0.717) is 25.9 Å². The Balaban J connectivity index is 2.40. The topological polar surface area (TPSA) is 104 Å². The molecule has 1 rings (SSSR count). The second-order valence-electron chi connectivity index (χ2n) is 4.21. The Bertz CT molecular complexity index is 412. The van der Waals surface area contributed by atoms with Crippen LogP contribution in [-0.2, 0) is 19.6 Å². The first-order valence-electron chi connectivity index (χ1n) is 5.84. The maximum absolute atomic E-state index is 11.6. The van der Waals surface area contributed by atoms with Gasteiger partial charge in [-0.25, -0.2) is 12.7 Å². The smallest absolute Gasteiger partial charge is 0.312 e. The molecule has 8 heteroatoms. The fourth-order valence-electron chi connectivity index (χ4n) is 1.88. The van der Waals surface area contributed by atoms with Gasteiger partial charge in [0.15, 0.2) is 0 Å². The normalized spacial score (nSPS) is 18.5. The van der Waals surface area contributed by atoms with Gasteiger partial charge in [-0.05, 0) is 19.8 Å². The Morgan fingerprint density at radius 3 is 2.33 bits per heavy atom. The van der Waals surface area contributed by atoms with E-state index in [1.807, 2.05) is 0 Å². The van der Waals surface area contributed by atoms with Gasteiger partial charge >= 0.3 is 5.97 Å². The molecule has 1 aliphatic heterocycles. The summed E-state index contributed by atoms with van der Waals surface area (Å²) in [5.41, 5.74) is 0. The standard InChI is InChI=1S/C10H18N2O5S/c1-2-18(16,17)12-5-3-8(4-6-12)11-9(13)7-10(14)15/h8H,2-7H2,1H3,(H,11,13)(H,14,15). The van der Waals surface area contributed by atoms with Gasteiger partial charge in [0, 0.05) is 19.1 Å². The number of amides is 1. The molecule has 0 radical (unpaired) electrons. The number of piperidine rings is 1. The third-order valence-corrected chi connectivity index (χ3v) is 4.77. The summed E-state index contributed by atoms with van der Waals surface area (Å²) in [7, 11) is -3.17. The third kappa shape index (κ3) is 4.26. The highest BCUT2D eigenvalue weighted by Crippen LogP contribution is 2.14. The van der Waals surface area contributed by atoms with Crippen molar-refractivity contribution in [3.05, 3.63) is 0 Å². The van der Waals surface area contributed by atoms with Crippen LogP contribution in [0.4, 0.5) is 0 Å². The van der Waals surface area contributed by atoms with Gasteiger partial charge in [0.1, 0.15) is 6.42 Å². The lowest BCUT2D eigenvalue weighted by atomic mass is 10.1. The summed E-state index contributed by atoms with van der Waals surface area (Å²) in [6, 6.07) is -0.139. The first kappa shape index (κ1) is 14.9. The molecule has 0 unspecified atom stereocenters. The zero-order valence-corrected chi connectivity index (χ0v) is 11.1. The van der Waals surface area contributed by atoms with Crippen molar-refractivity contribution < 1.29 is 23.1 Å². The Kier molecular flexibility index (Phi) is 5.09. The van der Waals surface area contributed by atoms with Gasteiger partial charge in [-0.1, -0.05) is 0 Å². The van der Waals surface area contributed by atoms with E-state index in [1.54, 1.807) is 6.92 Å². The predicted molar refractivity (Wildman–Crippen MR) is 64.5 cm³/mol. The molecule has 0 bridgehead atoms. The second-order valence-corrected chi connectivity index (χ2v) is 6.47. The van der Waals surface area contributed by atoms with E-state index < -0.39 is 28.3 Å². The van der Waals surface area contributed by atoms with Gasteiger partial charge in [-0.15, -0.1) is 0 Å². The maximum atomic E-state index is 11.6. The van der Waals surface area contributed by atoms with E-state index in [-0.39, 0.29) is 11.8 Å². The fraction of sp³-hybridized carbons (Fsp3) is 0.800. The number of carboxylic acids is 1. The lowest BCUT2D eigenvalue weighted by Crippen LogP contribution is -2.47. The van der Waals surface area contributed by atoms with Crippen LogP contribution in [0.2, 0.25) is 0 Å². The third-order valence-electron chi connectivity index (χ3n) is 2.89. The van der Waals surface area contributed by atoms with Gasteiger partial charge < -0.3 is 10.4 Å². The molecular formula is C10H18N2O5S. The minimum Gasteiger partial charge on any atom is -0.481 e. The molecule has 1 fully saturated rings. The molecule has 1 amide bonds. The molecule has 0 aromatic rings. The van der Waals surface area contributed by atoms with Crippen LogP contribution in [0.15, 0.2) is 0 Å². The number of carbonyl (C=O) groups is 2. The highest BCUT2D eigenvalue weighted by Gasteiger charge is 2.27. The molecule has 1 saturated heterocycles. The van der Waals surface area contributed by atoms with Crippen molar-refractivity contribution >= 4 is 21.9 Å². The molecule has 1 aliphatic rings. The molecule has 0 saturated carbocycles. The van der Waals surface area contributed by atoms with Crippen molar-refractivity contribution in [1.29, 1.82) is 0 Å². The number of carbonyl (C=O) groups excluding carboxylic acids is 1. The highest BCUT2D eigenvalue weighted by molar-refractivity contribution is 7.89. The molecular weight excluding hydrogens is 260 g/mol. The van der Waals surface area contributed by atoms with E-state index in [1.165, 1.54) is 4.31 Å². The fourth-order valence-corrected chi connectivity index (χ4v) is 3.01. The summed E-state index contributed by atoms with van der Waals surface area (Å²) >= 11 is 0. The van der Waals surface area contributed by atoms with Crippen LogP contribution in [0.3, 0.4) is 0 Å². The van der Waals surface area contributed by atoms with Crippen LogP contribution in [0, 0.1) is 0 Å². The number of rotatable bonds is 5. The molecule has 7 nitrogen and oxygen atoms in total. The van der Waals surface area contributed by atoms with E-state index in [9.17, 15) is 18.0 Å². The van der Waals surface area contributed by atoms with Crippen molar-refractivity contribution in [2.24, 2.45) is 0 Å². The Labute approximate surface area is 106 Å². The van der Waals surface area contributed by atoms with Crippen LogP contribution in [0.25, 0.3) is 0 Å². The average molecular weight is 278 g/mol. The Hall–Kier alpha value is -1.15. The summed E-state index contributed by atoms with van der Waals surface area (Å²) in [4.78, 5) is 21.6. The van der Waals surface area contributed by atoms with Gasteiger partial charge in [0.2, 0.25) is 15.9 Å². The predicted octanol–water partition coefficient (Wildman–Crippen LogP) is -0.609. The van der Waals surface area contributed by atoms with Crippen molar-refractivity contribution in [3.63, 3.8) is 0 Å². The molecule has 0 aromatic heterocycles. The van der Waals surface area contributed by atoms with Gasteiger partial charge in [-0.2, -0.15) is 0 Å². The highest BCUT2D eigenvalue weighted by atomic mass is 32.2. The van der Waals surface area contributed by atoms with Crippen LogP contribution in [-0.4, -0.2) is 54.6 Å². The Morgan fingerprint density at radius 2 is 1.89 bits per heavy atom. The zero-order chi connectivity index (χ0) is 13.8. The molecule has 0 spiro atoms. The number of aliphatic carboxylic acids is 1. The lowest BCUT2D eigenvalue weighted by Gasteiger charge is -2.31. The molecule has 0 aliphatic carbocycles. The van der Waals surface area contributed by atoms with Crippen molar-refractivity contribution in [1.82, 2.24) is 9.62 Å². The summed E-state index contributed by atoms with van der Waals surface area (Å²) in [5, 5.41) is 11.0. The summed E-state index contributed by atoms with van der Waals surface area (Å²) in [6.07, 6.45) is 0.489. The maximum Gasteiger partial charge on any atom is 0.312 e. The number of nitrogens with zero attached hydrogens (tertiary/aromatic N) is 1. The van der Waals surface area contributed by atoms with Crippen LogP contribution in [0.1, 0.15) is 26.2 Å². The number of hydrogen-bond donors (Lipinski definition) is 2. The van der Waals surface area contributed by atoms with Gasteiger partial charge in [0.25, 0.3) is 0 Å². The molecule has 18 heavy (non-hydrogen) atoms. The summed E-state index contributed by atoms with van der Waals surface area (Å²) < 4.78 is 24.6. The van der Waals surface area contributed by atoms with Crippen molar-refractivity contribution in [2.45, 2.75) is 32.2 Å². The largest absolute Gasteiger partial charge is 0.481 e. The Morgan fingerprint density at radius 1 is 1.33 bits per heavy atom. The van der Waals surface area contributed by atoms with E-state index in [0.717, 1.165) is 0 Å². The van der Waals surface area contributed by atoms with E-state index in [2.05, 4.69) is 5.32 Å². The van der Waals surface area contributed by atoms with Gasteiger partial charge in [0.05, 0.1) is 5.75 Å². The number of hydrogen-bond acceptors (Lipinski definition) is 4. The zero-order valence-electron chi connectivity index (χ0n) is 10.3. The average Bonchev–Trinajstić information content (AvgIpc) is 2.28. The van der Waals surface area contributed by atoms with Crippen molar-refractivity contribution in [2.75, 3.05) is 18.8 Å². The second kappa shape index (κ2) is 6.14. The van der Waals surface area contributed by atoms with E-state index in [4.69, 9.17) is 5.11 Å². The monoisotopic (exact) mass is 278 g/mol. The first-order chi connectivity index (χ1) is 8.35. The molecule has 0 aromatic carbocycles. The summed E-state index contributed by atoms with van der Waals surface area (Å²) in [5.74, 6) is -1.62. The van der Waals surface area contributed by atoms with E-state index >= 15 is 0 Å². The quantitative estimate of drug-likeness (QED) is 0.653. The van der Waals surface area contributed by atoms with Crippen LogP contribution < -0.4 is 5.32 Å². The number of sulfonamides is 1. The molecule has 2 N–H and O–H groups in total.